The van der Waals surface area contributed by atoms with Crippen molar-refractivity contribution in [1.82, 2.24) is 19.8 Å². The molecule has 5 rings (SSSR count). The van der Waals surface area contributed by atoms with Crippen LogP contribution in [0, 0.1) is 0 Å². The van der Waals surface area contributed by atoms with E-state index in [1.54, 1.807) is 12.1 Å². The van der Waals surface area contributed by atoms with Gasteiger partial charge in [-0.05, 0) is 63.0 Å². The second-order valence-electron chi connectivity index (χ2n) is 8.31. The van der Waals surface area contributed by atoms with Gasteiger partial charge in [-0.3, -0.25) is 14.5 Å². The minimum absolute atomic E-state index is 0.0130. The second-order valence-corrected chi connectivity index (χ2v) is 8.31. The summed E-state index contributed by atoms with van der Waals surface area (Å²) in [4.78, 5) is 37.2. The number of nitrogens with one attached hydrogen (secondary N) is 1. The minimum atomic E-state index is -0.128. The van der Waals surface area contributed by atoms with Gasteiger partial charge in [0.25, 0.3) is 11.5 Å². The highest BCUT2D eigenvalue weighted by Gasteiger charge is 2.29. The minimum Gasteiger partial charge on any atom is -0.455 e. The van der Waals surface area contributed by atoms with E-state index in [9.17, 15) is 9.59 Å². The molecular formula is C23H26N4O3. The van der Waals surface area contributed by atoms with Gasteiger partial charge in [0.2, 0.25) is 0 Å². The number of para-hydroxylation sites is 1. The van der Waals surface area contributed by atoms with Crippen LogP contribution in [0.25, 0.3) is 10.9 Å². The molecule has 30 heavy (non-hydrogen) atoms. The van der Waals surface area contributed by atoms with Crippen LogP contribution in [0.15, 0.2) is 45.6 Å². The fraction of sp³-hybridized carbons (Fsp3) is 0.435. The average Bonchev–Trinajstić information content (AvgIpc) is 3.46. The molecule has 2 fully saturated rings. The largest absolute Gasteiger partial charge is 0.455 e. The molecule has 0 aliphatic carbocycles. The number of fused-ring (bicyclic) bond motifs is 1. The predicted molar refractivity (Wildman–Crippen MR) is 113 cm³/mol. The predicted octanol–water partition coefficient (Wildman–Crippen LogP) is 3.13. The van der Waals surface area contributed by atoms with Gasteiger partial charge in [0.15, 0.2) is 5.76 Å². The lowest BCUT2D eigenvalue weighted by Gasteiger charge is -2.31. The number of aromatic nitrogens is 2. The maximum atomic E-state index is 13.0. The number of carbonyl (C=O) groups excluding carboxylic acids is 1. The number of amides is 1. The number of rotatable bonds is 4. The van der Waals surface area contributed by atoms with Crippen LogP contribution in [0.1, 0.15) is 53.7 Å². The quantitative estimate of drug-likeness (QED) is 0.720. The van der Waals surface area contributed by atoms with Crippen molar-refractivity contribution < 1.29 is 9.21 Å². The van der Waals surface area contributed by atoms with Crippen molar-refractivity contribution in [2.24, 2.45) is 0 Å². The van der Waals surface area contributed by atoms with E-state index in [0.29, 0.717) is 35.6 Å². The van der Waals surface area contributed by atoms with E-state index in [-0.39, 0.29) is 17.4 Å². The van der Waals surface area contributed by atoms with Gasteiger partial charge >= 0.3 is 0 Å². The summed E-state index contributed by atoms with van der Waals surface area (Å²) in [5, 5.41) is 0.589. The summed E-state index contributed by atoms with van der Waals surface area (Å²) < 4.78 is 5.87. The topological polar surface area (TPSA) is 82.4 Å². The summed E-state index contributed by atoms with van der Waals surface area (Å²) in [5.41, 5.74) is 0.564. The van der Waals surface area contributed by atoms with E-state index in [1.165, 1.54) is 12.8 Å². The maximum absolute atomic E-state index is 13.0. The first kappa shape index (κ1) is 19.1. The lowest BCUT2D eigenvalue weighted by atomic mass is 9.96. The number of H-pyrrole nitrogens is 1. The van der Waals surface area contributed by atoms with E-state index >= 15 is 0 Å². The van der Waals surface area contributed by atoms with E-state index in [0.717, 1.165) is 38.2 Å². The summed E-state index contributed by atoms with van der Waals surface area (Å²) >= 11 is 0. The zero-order chi connectivity index (χ0) is 20.5. The lowest BCUT2D eigenvalue weighted by molar-refractivity contribution is 0.0669. The molecule has 0 bridgehead atoms. The molecular weight excluding hydrogens is 380 g/mol. The van der Waals surface area contributed by atoms with Crippen molar-refractivity contribution in [2.45, 2.75) is 38.1 Å². The maximum Gasteiger partial charge on any atom is 0.289 e. The van der Waals surface area contributed by atoms with Crippen molar-refractivity contribution in [2.75, 3.05) is 26.2 Å². The number of furan rings is 1. The van der Waals surface area contributed by atoms with Gasteiger partial charge in [-0.2, -0.15) is 0 Å². The Bertz CT molecular complexity index is 1110. The summed E-state index contributed by atoms with van der Waals surface area (Å²) in [6.45, 7) is 4.17. The standard InChI is InChI=1S/C23H26N4O3/c28-22-18-7-1-2-8-19(18)24-21(25-22)16-6-5-13-27(14-16)23(29)20-10-9-17(30-20)15-26-11-3-4-12-26/h1-2,7-10,16H,3-6,11-15H2,(H,24,25,28)/t16-/m0/s1. The highest BCUT2D eigenvalue weighted by Crippen LogP contribution is 2.26. The molecule has 2 aliphatic rings. The third kappa shape index (κ3) is 3.77. The number of carbonyl (C=O) groups is 1. The van der Waals surface area contributed by atoms with Crippen LogP contribution >= 0.6 is 0 Å². The number of aromatic amines is 1. The zero-order valence-electron chi connectivity index (χ0n) is 17.0. The Labute approximate surface area is 174 Å². The number of benzene rings is 1. The molecule has 1 amide bonds. The second kappa shape index (κ2) is 8.07. The van der Waals surface area contributed by atoms with Crippen LogP contribution in [0.5, 0.6) is 0 Å². The van der Waals surface area contributed by atoms with Crippen molar-refractivity contribution in [3.05, 3.63) is 64.1 Å². The molecule has 1 N–H and O–H groups in total. The fourth-order valence-corrected chi connectivity index (χ4v) is 4.58. The van der Waals surface area contributed by atoms with Gasteiger partial charge in [0.05, 0.1) is 17.4 Å². The highest BCUT2D eigenvalue weighted by atomic mass is 16.4. The zero-order valence-corrected chi connectivity index (χ0v) is 17.0. The van der Waals surface area contributed by atoms with E-state index in [1.807, 2.05) is 29.2 Å². The van der Waals surface area contributed by atoms with Crippen LogP contribution in [-0.4, -0.2) is 51.9 Å². The summed E-state index contributed by atoms with van der Waals surface area (Å²) in [6.07, 6.45) is 4.22. The van der Waals surface area contributed by atoms with Gasteiger partial charge < -0.3 is 14.3 Å². The SMILES string of the molecule is O=C(c1ccc(CN2CCCC2)o1)N1CCC[C@H](c2nc3ccccc3c(=O)[nH]2)C1. The van der Waals surface area contributed by atoms with Gasteiger partial charge in [0, 0.05) is 19.0 Å². The first-order valence-corrected chi connectivity index (χ1v) is 10.8. The van der Waals surface area contributed by atoms with Crippen LogP contribution < -0.4 is 5.56 Å². The Morgan fingerprint density at radius 2 is 1.93 bits per heavy atom. The Balaban J connectivity index is 1.31. The molecule has 7 nitrogen and oxygen atoms in total. The van der Waals surface area contributed by atoms with Gasteiger partial charge in [-0.1, -0.05) is 12.1 Å². The average molecular weight is 406 g/mol. The molecule has 0 saturated carbocycles. The molecule has 2 saturated heterocycles. The number of likely N-dealkylation sites (tertiary alicyclic amines) is 2. The van der Waals surface area contributed by atoms with E-state index < -0.39 is 0 Å². The number of piperidine rings is 1. The Kier molecular flexibility index (Phi) is 5.12. The third-order valence-corrected chi connectivity index (χ3v) is 6.18. The van der Waals surface area contributed by atoms with Crippen molar-refractivity contribution in [3.63, 3.8) is 0 Å². The third-order valence-electron chi connectivity index (χ3n) is 6.18. The van der Waals surface area contributed by atoms with Gasteiger partial charge in [0.1, 0.15) is 11.6 Å². The van der Waals surface area contributed by atoms with Crippen LogP contribution in [0.3, 0.4) is 0 Å². The Morgan fingerprint density at radius 1 is 1.10 bits per heavy atom. The first-order chi connectivity index (χ1) is 14.7. The normalized spacial score (nSPS) is 20.1. The summed E-state index contributed by atoms with van der Waals surface area (Å²) in [7, 11) is 0. The molecule has 4 heterocycles. The molecule has 3 aromatic rings. The first-order valence-electron chi connectivity index (χ1n) is 10.8. The van der Waals surface area contributed by atoms with Gasteiger partial charge in [-0.15, -0.1) is 0 Å². The smallest absolute Gasteiger partial charge is 0.289 e. The molecule has 0 radical (unpaired) electrons. The molecule has 0 unspecified atom stereocenters. The molecule has 0 spiro atoms. The number of nitrogens with zero attached hydrogens (tertiary/aromatic N) is 3. The van der Waals surface area contributed by atoms with Crippen molar-refractivity contribution in [3.8, 4) is 0 Å². The monoisotopic (exact) mass is 406 g/mol. The van der Waals surface area contributed by atoms with Crippen molar-refractivity contribution >= 4 is 16.8 Å². The van der Waals surface area contributed by atoms with E-state index in [2.05, 4.69) is 14.9 Å². The van der Waals surface area contributed by atoms with E-state index in [4.69, 9.17) is 4.42 Å². The lowest BCUT2D eigenvalue weighted by Crippen LogP contribution is -2.39. The van der Waals surface area contributed by atoms with Crippen LogP contribution in [0.2, 0.25) is 0 Å². The summed E-state index contributed by atoms with van der Waals surface area (Å²) in [6, 6.07) is 11.0. The van der Waals surface area contributed by atoms with Crippen LogP contribution in [-0.2, 0) is 6.54 Å². The van der Waals surface area contributed by atoms with Crippen LogP contribution in [0.4, 0.5) is 0 Å². The Morgan fingerprint density at radius 3 is 2.80 bits per heavy atom. The molecule has 2 aliphatic heterocycles. The number of hydrogen-bond acceptors (Lipinski definition) is 5. The highest BCUT2D eigenvalue weighted by molar-refractivity contribution is 5.91. The number of hydrogen-bond donors (Lipinski definition) is 1. The fourth-order valence-electron chi connectivity index (χ4n) is 4.58. The molecule has 156 valence electrons. The van der Waals surface area contributed by atoms with Gasteiger partial charge in [-0.25, -0.2) is 4.98 Å². The molecule has 7 heteroatoms. The summed E-state index contributed by atoms with van der Waals surface area (Å²) in [5.74, 6) is 1.82. The molecule has 1 atom stereocenters. The van der Waals surface area contributed by atoms with Crippen molar-refractivity contribution in [1.29, 1.82) is 0 Å². The molecule has 2 aromatic heterocycles. The Hall–Kier alpha value is -2.93. The molecule has 1 aromatic carbocycles.